The molecule has 0 aliphatic carbocycles. The largest absolute Gasteiger partial charge is 0.484 e. The number of carbonyl (C=O) groups is 2. The molecule has 1 N–H and O–H groups in total. The fourth-order valence-electron chi connectivity index (χ4n) is 3.51. The Morgan fingerprint density at radius 2 is 1.79 bits per heavy atom. The second-order valence-corrected chi connectivity index (χ2v) is 7.56. The van der Waals surface area contributed by atoms with E-state index in [0.717, 1.165) is 22.0 Å². The van der Waals surface area contributed by atoms with Crippen LogP contribution in [0.25, 0.3) is 16.7 Å². The summed E-state index contributed by atoms with van der Waals surface area (Å²) in [6.45, 7) is 5.59. The minimum absolute atomic E-state index is 0.131. The Morgan fingerprint density at radius 3 is 2.55 bits per heavy atom. The highest BCUT2D eigenvalue weighted by Crippen LogP contribution is 2.23. The first-order chi connectivity index (χ1) is 15.9. The number of hydrogen-bond acceptors (Lipinski definition) is 6. The van der Waals surface area contributed by atoms with Crippen molar-refractivity contribution in [2.75, 3.05) is 18.5 Å². The zero-order chi connectivity index (χ0) is 23.4. The number of rotatable bonds is 7. The lowest BCUT2D eigenvalue weighted by atomic mass is 10.1. The number of fused-ring (bicyclic) bond motifs is 1. The molecule has 0 aliphatic rings. The summed E-state index contributed by atoms with van der Waals surface area (Å²) in [4.78, 5) is 29.8. The summed E-state index contributed by atoms with van der Waals surface area (Å²) < 4.78 is 12.2. The topological polar surface area (TPSA) is 95.3 Å². The number of esters is 1. The van der Waals surface area contributed by atoms with Crippen molar-refractivity contribution in [3.8, 4) is 11.6 Å². The number of amides is 1. The van der Waals surface area contributed by atoms with Gasteiger partial charge in [0.1, 0.15) is 11.3 Å². The average Bonchev–Trinajstić information content (AvgIpc) is 3.20. The van der Waals surface area contributed by atoms with Crippen molar-refractivity contribution in [2.45, 2.75) is 20.8 Å². The molecule has 33 heavy (non-hydrogen) atoms. The van der Waals surface area contributed by atoms with Crippen LogP contribution < -0.4 is 10.1 Å². The molecule has 0 bridgehead atoms. The molecule has 0 radical (unpaired) electrons. The van der Waals surface area contributed by atoms with Crippen molar-refractivity contribution in [2.24, 2.45) is 0 Å². The number of nitrogens with one attached hydrogen (secondary N) is 1. The number of carbonyl (C=O) groups excluding carboxylic acids is 2. The lowest BCUT2D eigenvalue weighted by Crippen LogP contribution is -2.23. The maximum absolute atomic E-state index is 12.7. The number of nitrogens with zero attached hydrogens (tertiary/aromatic N) is 3. The minimum Gasteiger partial charge on any atom is -0.484 e. The first kappa shape index (κ1) is 22.0. The van der Waals surface area contributed by atoms with Gasteiger partial charge in [-0.1, -0.05) is 24.3 Å². The van der Waals surface area contributed by atoms with Gasteiger partial charge < -0.3 is 14.8 Å². The first-order valence-corrected chi connectivity index (χ1v) is 10.6. The summed E-state index contributed by atoms with van der Waals surface area (Å²) in [7, 11) is 0. The number of aromatic nitrogens is 3. The number of aryl methyl sites for hydroxylation is 2. The summed E-state index contributed by atoms with van der Waals surface area (Å²) >= 11 is 0. The Morgan fingerprint density at radius 1 is 1.03 bits per heavy atom. The van der Waals surface area contributed by atoms with Gasteiger partial charge in [-0.25, -0.2) is 9.78 Å². The number of hydrogen-bond donors (Lipinski definition) is 1. The highest BCUT2D eigenvalue weighted by atomic mass is 16.5. The van der Waals surface area contributed by atoms with E-state index in [1.54, 1.807) is 13.0 Å². The maximum atomic E-state index is 12.7. The van der Waals surface area contributed by atoms with E-state index in [0.29, 0.717) is 11.6 Å². The van der Waals surface area contributed by atoms with Gasteiger partial charge in [-0.05, 0) is 62.2 Å². The van der Waals surface area contributed by atoms with Gasteiger partial charge in [0.15, 0.2) is 18.2 Å². The Hall–Kier alpha value is -4.20. The Balaban J connectivity index is 1.62. The third kappa shape index (κ3) is 5.01. The summed E-state index contributed by atoms with van der Waals surface area (Å²) in [5.74, 6) is 0.190. The fourth-order valence-corrected chi connectivity index (χ4v) is 3.51. The number of pyridine rings is 1. The van der Waals surface area contributed by atoms with Crippen molar-refractivity contribution in [3.63, 3.8) is 0 Å². The third-order valence-corrected chi connectivity index (χ3v) is 4.89. The molecule has 0 spiro atoms. The minimum atomic E-state index is -0.588. The second kappa shape index (κ2) is 9.52. The van der Waals surface area contributed by atoms with E-state index >= 15 is 0 Å². The molecule has 0 saturated heterocycles. The van der Waals surface area contributed by atoms with Gasteiger partial charge >= 0.3 is 5.97 Å². The molecular weight excluding hydrogens is 420 g/mol. The predicted molar refractivity (Wildman–Crippen MR) is 125 cm³/mol. The molecule has 1 amide bonds. The van der Waals surface area contributed by atoms with Crippen molar-refractivity contribution in [1.29, 1.82) is 0 Å². The smallest absolute Gasteiger partial charge is 0.343 e. The normalized spacial score (nSPS) is 10.8. The van der Waals surface area contributed by atoms with Gasteiger partial charge in [0.25, 0.3) is 5.91 Å². The number of ether oxygens (including phenoxy) is 2. The van der Waals surface area contributed by atoms with Crippen LogP contribution in [0.2, 0.25) is 0 Å². The third-order valence-electron chi connectivity index (χ3n) is 4.89. The molecule has 4 aromatic rings. The van der Waals surface area contributed by atoms with Crippen LogP contribution in [0.4, 0.5) is 5.82 Å². The molecule has 0 saturated carbocycles. The van der Waals surface area contributed by atoms with Crippen molar-refractivity contribution >= 4 is 28.6 Å². The van der Waals surface area contributed by atoms with Crippen molar-refractivity contribution in [1.82, 2.24) is 14.8 Å². The van der Waals surface area contributed by atoms with Crippen molar-refractivity contribution in [3.05, 3.63) is 77.5 Å². The Bertz CT molecular complexity index is 1310. The standard InChI is InChI=1S/C25H24N4O4/c1-4-32-25(31)20-14-26-29(22-10-9-18-7-5-6-8-21(18)27-22)24(20)28-23(30)15-33-19-12-16(2)11-17(3)13-19/h5-14H,4,15H2,1-3H3,(H,28,30). The summed E-state index contributed by atoms with van der Waals surface area (Å²) in [5, 5.41) is 7.99. The molecule has 168 valence electrons. The molecule has 4 rings (SSSR count). The van der Waals surface area contributed by atoms with Crippen LogP contribution in [0.1, 0.15) is 28.4 Å². The summed E-state index contributed by atoms with van der Waals surface area (Å²) in [6.07, 6.45) is 1.36. The van der Waals surface area contributed by atoms with Gasteiger partial charge in [0.05, 0.1) is 18.3 Å². The van der Waals surface area contributed by atoms with E-state index in [4.69, 9.17) is 9.47 Å². The predicted octanol–water partition coefficient (Wildman–Crippen LogP) is 4.23. The fraction of sp³-hybridized carbons (Fsp3) is 0.200. The van der Waals surface area contributed by atoms with E-state index in [2.05, 4.69) is 15.4 Å². The zero-order valence-corrected chi connectivity index (χ0v) is 18.7. The van der Waals surface area contributed by atoms with E-state index in [9.17, 15) is 9.59 Å². The second-order valence-electron chi connectivity index (χ2n) is 7.56. The molecule has 0 atom stereocenters. The first-order valence-electron chi connectivity index (χ1n) is 10.6. The number of para-hydroxylation sites is 1. The zero-order valence-electron chi connectivity index (χ0n) is 18.7. The van der Waals surface area contributed by atoms with Crippen LogP contribution in [-0.4, -0.2) is 39.9 Å². The van der Waals surface area contributed by atoms with E-state index in [1.165, 1.54) is 10.9 Å². The van der Waals surface area contributed by atoms with Gasteiger partial charge in [-0.2, -0.15) is 9.78 Å². The highest BCUT2D eigenvalue weighted by Gasteiger charge is 2.22. The van der Waals surface area contributed by atoms with Crippen LogP contribution in [0, 0.1) is 13.8 Å². The quantitative estimate of drug-likeness (QED) is 0.429. The highest BCUT2D eigenvalue weighted by molar-refractivity contribution is 6.01. The lowest BCUT2D eigenvalue weighted by Gasteiger charge is -2.12. The van der Waals surface area contributed by atoms with E-state index < -0.39 is 11.9 Å². The molecule has 8 nitrogen and oxygen atoms in total. The summed E-state index contributed by atoms with van der Waals surface area (Å²) in [5.41, 5.74) is 2.97. The monoisotopic (exact) mass is 444 g/mol. The van der Waals surface area contributed by atoms with Crippen LogP contribution in [-0.2, 0) is 9.53 Å². The molecule has 8 heteroatoms. The van der Waals surface area contributed by atoms with Gasteiger partial charge in [-0.3, -0.25) is 4.79 Å². The molecular formula is C25H24N4O4. The molecule has 0 unspecified atom stereocenters. The van der Waals surface area contributed by atoms with Gasteiger partial charge in [-0.15, -0.1) is 0 Å². The van der Waals surface area contributed by atoms with E-state index in [-0.39, 0.29) is 24.6 Å². The number of anilines is 1. The molecule has 0 aliphatic heterocycles. The van der Waals surface area contributed by atoms with Crippen LogP contribution in [0.15, 0.2) is 60.8 Å². The van der Waals surface area contributed by atoms with Crippen LogP contribution >= 0.6 is 0 Å². The van der Waals surface area contributed by atoms with Crippen LogP contribution in [0.3, 0.4) is 0 Å². The SMILES string of the molecule is CCOC(=O)c1cnn(-c2ccc3ccccc3n2)c1NC(=O)COc1cc(C)cc(C)c1. The van der Waals surface area contributed by atoms with Gasteiger partial charge in [0, 0.05) is 5.39 Å². The Kier molecular flexibility index (Phi) is 6.35. The van der Waals surface area contributed by atoms with E-state index in [1.807, 2.05) is 62.4 Å². The van der Waals surface area contributed by atoms with Gasteiger partial charge in [0.2, 0.25) is 0 Å². The number of benzene rings is 2. The maximum Gasteiger partial charge on any atom is 0.343 e. The molecule has 0 fully saturated rings. The lowest BCUT2D eigenvalue weighted by molar-refractivity contribution is -0.118. The molecule has 2 aromatic heterocycles. The molecule has 2 heterocycles. The summed E-state index contributed by atoms with van der Waals surface area (Å²) in [6, 6.07) is 17.0. The van der Waals surface area contributed by atoms with Crippen molar-refractivity contribution < 1.29 is 19.1 Å². The van der Waals surface area contributed by atoms with Crippen LogP contribution in [0.5, 0.6) is 5.75 Å². The average molecular weight is 444 g/mol. The Labute approximate surface area is 191 Å². The molecule has 2 aromatic carbocycles.